The second-order valence-electron chi connectivity index (χ2n) is 4.16. The molecule has 0 fully saturated rings. The van der Waals surface area contributed by atoms with E-state index in [0.717, 1.165) is 18.4 Å². The number of ether oxygens (including phenoxy) is 1. The molecule has 0 saturated heterocycles. The Morgan fingerprint density at radius 2 is 2.21 bits per heavy atom. The Kier molecular flexibility index (Phi) is 7.27. The van der Waals surface area contributed by atoms with Gasteiger partial charge in [-0.3, -0.25) is 0 Å². The van der Waals surface area contributed by atoms with Crippen molar-refractivity contribution in [3.05, 3.63) is 35.9 Å². The summed E-state index contributed by atoms with van der Waals surface area (Å²) in [4.78, 5) is 15.5. The average Bonchev–Trinajstić information content (AvgIpc) is 2.45. The lowest BCUT2D eigenvalue weighted by molar-refractivity contribution is 0.135. The van der Waals surface area contributed by atoms with Crippen molar-refractivity contribution in [3.63, 3.8) is 0 Å². The first-order valence-corrected chi connectivity index (χ1v) is 6.34. The van der Waals surface area contributed by atoms with Crippen molar-refractivity contribution in [1.29, 1.82) is 0 Å². The highest BCUT2D eigenvalue weighted by Crippen LogP contribution is 2.01. The van der Waals surface area contributed by atoms with Crippen LogP contribution in [0.3, 0.4) is 0 Å². The Bertz CT molecular complexity index is 393. The molecule has 3 N–H and O–H groups in total. The van der Waals surface area contributed by atoms with E-state index in [-0.39, 0.29) is 12.6 Å². The minimum absolute atomic E-state index is 0.0822. The van der Waals surface area contributed by atoms with Gasteiger partial charge in [0.15, 0.2) is 0 Å². The molecule has 0 aliphatic heterocycles. The van der Waals surface area contributed by atoms with Gasteiger partial charge in [-0.1, -0.05) is 30.3 Å². The molecule has 5 heteroatoms. The van der Waals surface area contributed by atoms with Crippen LogP contribution in [-0.4, -0.2) is 31.9 Å². The molecule has 0 radical (unpaired) electrons. The average molecular weight is 263 g/mol. The summed E-state index contributed by atoms with van der Waals surface area (Å²) in [6.07, 6.45) is 2.92. The van der Waals surface area contributed by atoms with E-state index in [1.165, 1.54) is 0 Å². The number of carbonyl (C=O) groups excluding carboxylic acids is 1. The van der Waals surface area contributed by atoms with Crippen LogP contribution >= 0.6 is 0 Å². The van der Waals surface area contributed by atoms with E-state index < -0.39 is 6.09 Å². The van der Waals surface area contributed by atoms with E-state index in [1.807, 2.05) is 30.3 Å². The Balaban J connectivity index is 2.28. The van der Waals surface area contributed by atoms with E-state index in [2.05, 4.69) is 10.3 Å². The zero-order valence-corrected chi connectivity index (χ0v) is 11.2. The van der Waals surface area contributed by atoms with Crippen LogP contribution in [0.5, 0.6) is 0 Å². The third-order valence-electron chi connectivity index (χ3n) is 2.65. The second kappa shape index (κ2) is 9.10. The first kappa shape index (κ1) is 15.2. The Morgan fingerprint density at radius 1 is 1.47 bits per heavy atom. The lowest BCUT2D eigenvalue weighted by Crippen LogP contribution is -2.40. The van der Waals surface area contributed by atoms with Gasteiger partial charge in [-0.05, 0) is 24.6 Å². The van der Waals surface area contributed by atoms with Gasteiger partial charge in [-0.25, -0.2) is 4.79 Å². The molecule has 0 bridgehead atoms. The van der Waals surface area contributed by atoms with E-state index >= 15 is 0 Å². The van der Waals surface area contributed by atoms with Crippen LogP contribution < -0.4 is 11.1 Å². The molecule has 0 spiro atoms. The standard InChI is InChI=1S/C14H21N3O2/c1-16-9-5-8-13(10-15)17-14(18)19-11-12-6-3-2-4-7-12/h2-4,6-7,9,13H,5,8,10-11,15H2,1H3,(H,17,18). The third-order valence-corrected chi connectivity index (χ3v) is 2.65. The normalized spacial score (nSPS) is 12.3. The number of rotatable bonds is 7. The molecule has 0 aliphatic rings. The number of amides is 1. The molecule has 0 heterocycles. The highest BCUT2D eigenvalue weighted by atomic mass is 16.5. The van der Waals surface area contributed by atoms with Crippen LogP contribution in [0.2, 0.25) is 0 Å². The van der Waals surface area contributed by atoms with Gasteiger partial charge in [-0.2, -0.15) is 0 Å². The molecule has 0 aromatic heterocycles. The maximum atomic E-state index is 11.6. The highest BCUT2D eigenvalue weighted by Gasteiger charge is 2.10. The van der Waals surface area contributed by atoms with Crippen LogP contribution in [-0.2, 0) is 11.3 Å². The van der Waals surface area contributed by atoms with Crippen LogP contribution in [0.25, 0.3) is 0 Å². The number of nitrogens with zero attached hydrogens (tertiary/aromatic N) is 1. The number of benzene rings is 1. The summed E-state index contributed by atoms with van der Waals surface area (Å²) in [5.41, 5.74) is 6.55. The molecule has 19 heavy (non-hydrogen) atoms. The largest absolute Gasteiger partial charge is 0.445 e. The Labute approximate surface area is 113 Å². The van der Waals surface area contributed by atoms with Gasteiger partial charge in [0, 0.05) is 19.6 Å². The number of hydrogen-bond acceptors (Lipinski definition) is 4. The summed E-state index contributed by atoms with van der Waals surface area (Å²) in [6.45, 7) is 0.651. The summed E-state index contributed by atoms with van der Waals surface area (Å²) in [5.74, 6) is 0. The van der Waals surface area contributed by atoms with Crippen LogP contribution in [0.4, 0.5) is 4.79 Å². The minimum Gasteiger partial charge on any atom is -0.445 e. The van der Waals surface area contributed by atoms with Gasteiger partial charge >= 0.3 is 6.09 Å². The number of carbonyl (C=O) groups is 1. The molecular weight excluding hydrogens is 242 g/mol. The number of alkyl carbamates (subject to hydrolysis) is 1. The predicted octanol–water partition coefficient (Wildman–Crippen LogP) is 1.72. The number of nitrogens with one attached hydrogen (secondary N) is 1. The fourth-order valence-corrected chi connectivity index (χ4v) is 1.59. The number of nitrogens with two attached hydrogens (primary N) is 1. The summed E-state index contributed by atoms with van der Waals surface area (Å²) in [7, 11) is 1.72. The van der Waals surface area contributed by atoms with Crippen LogP contribution in [0, 0.1) is 0 Å². The van der Waals surface area contributed by atoms with Crippen molar-refractivity contribution in [2.75, 3.05) is 13.6 Å². The maximum absolute atomic E-state index is 11.6. The molecule has 0 saturated carbocycles. The topological polar surface area (TPSA) is 76.7 Å². The quantitative estimate of drug-likeness (QED) is 0.735. The van der Waals surface area contributed by atoms with E-state index in [0.29, 0.717) is 6.54 Å². The Hall–Kier alpha value is -1.88. The minimum atomic E-state index is -0.437. The monoisotopic (exact) mass is 263 g/mol. The molecule has 104 valence electrons. The van der Waals surface area contributed by atoms with Gasteiger partial charge in [0.05, 0.1) is 0 Å². The number of hydrogen-bond donors (Lipinski definition) is 2. The SMILES string of the molecule is CN=CCCC(CN)NC(=O)OCc1ccccc1. The molecule has 1 unspecified atom stereocenters. The maximum Gasteiger partial charge on any atom is 0.407 e. The van der Waals surface area contributed by atoms with E-state index in [9.17, 15) is 4.79 Å². The van der Waals surface area contributed by atoms with E-state index in [1.54, 1.807) is 13.3 Å². The zero-order chi connectivity index (χ0) is 13.9. The number of aliphatic imine (C=N–C) groups is 1. The Morgan fingerprint density at radius 3 is 2.84 bits per heavy atom. The smallest absolute Gasteiger partial charge is 0.407 e. The molecule has 1 atom stereocenters. The van der Waals surface area contributed by atoms with Crippen LogP contribution in [0.15, 0.2) is 35.3 Å². The first-order valence-electron chi connectivity index (χ1n) is 6.34. The molecule has 1 amide bonds. The molecule has 1 aromatic carbocycles. The van der Waals surface area contributed by atoms with Gasteiger partial charge in [0.1, 0.15) is 6.61 Å². The fraction of sp³-hybridized carbons (Fsp3) is 0.429. The van der Waals surface area contributed by atoms with Crippen molar-refractivity contribution in [1.82, 2.24) is 5.32 Å². The van der Waals surface area contributed by atoms with Crippen molar-refractivity contribution >= 4 is 12.3 Å². The van der Waals surface area contributed by atoms with Crippen molar-refractivity contribution in [3.8, 4) is 0 Å². The van der Waals surface area contributed by atoms with Crippen LogP contribution in [0.1, 0.15) is 18.4 Å². The summed E-state index contributed by atoms with van der Waals surface area (Å²) < 4.78 is 5.13. The molecule has 0 aliphatic carbocycles. The van der Waals surface area contributed by atoms with Gasteiger partial charge < -0.3 is 20.8 Å². The predicted molar refractivity (Wildman–Crippen MR) is 76.3 cm³/mol. The molecule has 5 nitrogen and oxygen atoms in total. The van der Waals surface area contributed by atoms with Crippen molar-refractivity contribution in [2.24, 2.45) is 10.7 Å². The van der Waals surface area contributed by atoms with E-state index in [4.69, 9.17) is 10.5 Å². The zero-order valence-electron chi connectivity index (χ0n) is 11.2. The lowest BCUT2D eigenvalue weighted by atomic mass is 10.1. The van der Waals surface area contributed by atoms with Gasteiger partial charge in [0.2, 0.25) is 0 Å². The molecule has 1 rings (SSSR count). The van der Waals surface area contributed by atoms with Crippen molar-refractivity contribution in [2.45, 2.75) is 25.5 Å². The highest BCUT2D eigenvalue weighted by molar-refractivity contribution is 5.67. The van der Waals surface area contributed by atoms with Gasteiger partial charge in [-0.15, -0.1) is 0 Å². The van der Waals surface area contributed by atoms with Gasteiger partial charge in [0.25, 0.3) is 0 Å². The summed E-state index contributed by atoms with van der Waals surface area (Å²) >= 11 is 0. The summed E-state index contributed by atoms with van der Waals surface area (Å²) in [6, 6.07) is 9.47. The first-order chi connectivity index (χ1) is 9.26. The van der Waals surface area contributed by atoms with Crippen molar-refractivity contribution < 1.29 is 9.53 Å². The lowest BCUT2D eigenvalue weighted by Gasteiger charge is -2.15. The summed E-state index contributed by atoms with van der Waals surface area (Å²) in [5, 5.41) is 2.75. The second-order valence-corrected chi connectivity index (χ2v) is 4.16. The fourth-order valence-electron chi connectivity index (χ4n) is 1.59. The molecule has 1 aromatic rings. The third kappa shape index (κ3) is 6.57. The molecular formula is C14H21N3O2.